The molecule has 0 saturated heterocycles. The summed E-state index contributed by atoms with van der Waals surface area (Å²) >= 11 is 0. The Morgan fingerprint density at radius 3 is 2.26 bits per heavy atom. The maximum Gasteiger partial charge on any atom is 0.335 e. The maximum atomic E-state index is 12.1. The van der Waals surface area contributed by atoms with E-state index in [2.05, 4.69) is 19.2 Å². The molecule has 1 aromatic carbocycles. The largest absolute Gasteiger partial charge is 0.478 e. The molecular formula is C15H19NO3. The number of hydrogen-bond acceptors (Lipinski definition) is 2. The molecule has 102 valence electrons. The Kier molecular flexibility index (Phi) is 3.60. The first kappa shape index (κ1) is 13.6. The highest BCUT2D eigenvalue weighted by molar-refractivity contribution is 5.96. The van der Waals surface area contributed by atoms with Crippen LogP contribution in [0.15, 0.2) is 24.3 Å². The number of nitrogens with one attached hydrogen (secondary N) is 1. The van der Waals surface area contributed by atoms with Crippen molar-refractivity contribution in [2.45, 2.75) is 39.2 Å². The van der Waals surface area contributed by atoms with Crippen LogP contribution in [0.5, 0.6) is 0 Å². The van der Waals surface area contributed by atoms with Gasteiger partial charge in [-0.25, -0.2) is 4.79 Å². The molecule has 2 N–H and O–H groups in total. The van der Waals surface area contributed by atoms with Gasteiger partial charge in [-0.2, -0.15) is 0 Å². The number of carbonyl (C=O) groups is 2. The standard InChI is InChI=1S/C15H19NO3/c1-15(2)9-3-4-12(15)16-13(17)10-5-7-11(8-6-10)14(18)19/h5-8,12H,3-4,9H2,1-2H3,(H,16,17)(H,18,19). The molecule has 0 aliphatic heterocycles. The van der Waals surface area contributed by atoms with Gasteiger partial charge in [-0.05, 0) is 42.5 Å². The lowest BCUT2D eigenvalue weighted by Gasteiger charge is -2.27. The third-order valence-corrected chi connectivity index (χ3v) is 3.96. The van der Waals surface area contributed by atoms with E-state index in [1.54, 1.807) is 12.1 Å². The lowest BCUT2D eigenvalue weighted by Crippen LogP contribution is -2.41. The Hall–Kier alpha value is -1.84. The van der Waals surface area contributed by atoms with E-state index >= 15 is 0 Å². The number of hydrogen-bond donors (Lipinski definition) is 2. The van der Waals surface area contributed by atoms with Gasteiger partial charge in [-0.3, -0.25) is 4.79 Å². The molecule has 2 rings (SSSR count). The Morgan fingerprint density at radius 2 is 1.79 bits per heavy atom. The topological polar surface area (TPSA) is 66.4 Å². The molecule has 0 radical (unpaired) electrons. The number of benzene rings is 1. The van der Waals surface area contributed by atoms with Gasteiger partial charge in [0.05, 0.1) is 5.56 Å². The predicted octanol–water partition coefficient (Wildman–Crippen LogP) is 2.69. The molecule has 4 nitrogen and oxygen atoms in total. The zero-order valence-electron chi connectivity index (χ0n) is 11.3. The lowest BCUT2D eigenvalue weighted by molar-refractivity contribution is 0.0696. The van der Waals surface area contributed by atoms with Crippen LogP contribution in [0.3, 0.4) is 0 Å². The van der Waals surface area contributed by atoms with Gasteiger partial charge < -0.3 is 10.4 Å². The van der Waals surface area contributed by atoms with Crippen LogP contribution in [0.4, 0.5) is 0 Å². The Morgan fingerprint density at radius 1 is 1.21 bits per heavy atom. The zero-order valence-corrected chi connectivity index (χ0v) is 11.3. The lowest BCUT2D eigenvalue weighted by atomic mass is 9.87. The number of amides is 1. The van der Waals surface area contributed by atoms with Crippen molar-refractivity contribution < 1.29 is 14.7 Å². The van der Waals surface area contributed by atoms with Crippen molar-refractivity contribution in [1.82, 2.24) is 5.32 Å². The molecule has 1 amide bonds. The second-order valence-corrected chi connectivity index (χ2v) is 5.79. The van der Waals surface area contributed by atoms with E-state index in [9.17, 15) is 9.59 Å². The van der Waals surface area contributed by atoms with E-state index in [0.29, 0.717) is 5.56 Å². The van der Waals surface area contributed by atoms with E-state index in [4.69, 9.17) is 5.11 Å². The van der Waals surface area contributed by atoms with E-state index in [0.717, 1.165) is 19.3 Å². The van der Waals surface area contributed by atoms with Crippen LogP contribution in [0.25, 0.3) is 0 Å². The van der Waals surface area contributed by atoms with Crippen LogP contribution in [-0.4, -0.2) is 23.0 Å². The Labute approximate surface area is 112 Å². The smallest absolute Gasteiger partial charge is 0.335 e. The van der Waals surface area contributed by atoms with Crippen molar-refractivity contribution >= 4 is 11.9 Å². The summed E-state index contributed by atoms with van der Waals surface area (Å²) in [5, 5.41) is 11.9. The third-order valence-electron chi connectivity index (χ3n) is 3.96. The van der Waals surface area contributed by atoms with E-state index in [-0.39, 0.29) is 22.9 Å². The number of carbonyl (C=O) groups excluding carboxylic acids is 1. The number of rotatable bonds is 3. The molecule has 4 heteroatoms. The predicted molar refractivity (Wildman–Crippen MR) is 72.3 cm³/mol. The minimum atomic E-state index is -0.983. The van der Waals surface area contributed by atoms with Crippen LogP contribution in [0, 0.1) is 5.41 Å². The minimum absolute atomic E-state index is 0.128. The second kappa shape index (κ2) is 5.03. The van der Waals surface area contributed by atoms with Crippen LogP contribution in [0.1, 0.15) is 53.8 Å². The highest BCUT2D eigenvalue weighted by atomic mass is 16.4. The average molecular weight is 261 g/mol. The normalized spacial score (nSPS) is 21.1. The van der Waals surface area contributed by atoms with Gasteiger partial charge in [-0.15, -0.1) is 0 Å². The SMILES string of the molecule is CC1(C)CCCC1NC(=O)c1ccc(C(=O)O)cc1. The summed E-state index contributed by atoms with van der Waals surface area (Å²) in [5.74, 6) is -1.11. The molecule has 1 saturated carbocycles. The number of carboxylic acids is 1. The summed E-state index contributed by atoms with van der Waals surface area (Å²) in [6.07, 6.45) is 3.26. The van der Waals surface area contributed by atoms with Crippen molar-refractivity contribution in [2.75, 3.05) is 0 Å². The fourth-order valence-electron chi connectivity index (χ4n) is 2.60. The fourth-order valence-corrected chi connectivity index (χ4v) is 2.60. The highest BCUT2D eigenvalue weighted by Crippen LogP contribution is 2.37. The second-order valence-electron chi connectivity index (χ2n) is 5.79. The van der Waals surface area contributed by atoms with Gasteiger partial charge in [0.25, 0.3) is 5.91 Å². The summed E-state index contributed by atoms with van der Waals surface area (Å²) < 4.78 is 0. The van der Waals surface area contributed by atoms with Crippen LogP contribution >= 0.6 is 0 Å². The van der Waals surface area contributed by atoms with E-state index < -0.39 is 5.97 Å². The van der Waals surface area contributed by atoms with E-state index in [1.807, 2.05) is 0 Å². The quantitative estimate of drug-likeness (QED) is 0.879. The van der Waals surface area contributed by atoms with Crippen molar-refractivity contribution in [1.29, 1.82) is 0 Å². The molecule has 0 heterocycles. The Balaban J connectivity index is 2.06. The molecule has 19 heavy (non-hydrogen) atoms. The summed E-state index contributed by atoms with van der Waals surface area (Å²) in [5.41, 5.74) is 0.835. The molecular weight excluding hydrogens is 242 g/mol. The van der Waals surface area contributed by atoms with Crippen LogP contribution in [-0.2, 0) is 0 Å². The van der Waals surface area contributed by atoms with Gasteiger partial charge in [0.1, 0.15) is 0 Å². The Bertz CT molecular complexity index is 491. The molecule has 0 bridgehead atoms. The van der Waals surface area contributed by atoms with Gasteiger partial charge in [0, 0.05) is 11.6 Å². The molecule has 1 aliphatic rings. The number of carboxylic acid groups (broad SMARTS) is 1. The van der Waals surface area contributed by atoms with Gasteiger partial charge >= 0.3 is 5.97 Å². The van der Waals surface area contributed by atoms with Crippen molar-refractivity contribution in [3.05, 3.63) is 35.4 Å². The van der Waals surface area contributed by atoms with Crippen LogP contribution < -0.4 is 5.32 Å². The minimum Gasteiger partial charge on any atom is -0.478 e. The first-order valence-electron chi connectivity index (χ1n) is 6.54. The van der Waals surface area contributed by atoms with Gasteiger partial charge in [0.15, 0.2) is 0 Å². The molecule has 0 aromatic heterocycles. The highest BCUT2D eigenvalue weighted by Gasteiger charge is 2.35. The first-order valence-corrected chi connectivity index (χ1v) is 6.54. The number of aromatic carboxylic acids is 1. The van der Waals surface area contributed by atoms with E-state index in [1.165, 1.54) is 12.1 Å². The molecule has 1 atom stereocenters. The summed E-state index contributed by atoms with van der Waals surface area (Å²) in [6.45, 7) is 4.33. The summed E-state index contributed by atoms with van der Waals surface area (Å²) in [6, 6.07) is 6.22. The summed E-state index contributed by atoms with van der Waals surface area (Å²) in [7, 11) is 0. The molecule has 0 spiro atoms. The van der Waals surface area contributed by atoms with Crippen molar-refractivity contribution in [3.8, 4) is 0 Å². The third kappa shape index (κ3) is 2.95. The zero-order chi connectivity index (χ0) is 14.0. The van der Waals surface area contributed by atoms with Gasteiger partial charge in [0.2, 0.25) is 0 Å². The van der Waals surface area contributed by atoms with Gasteiger partial charge in [-0.1, -0.05) is 20.3 Å². The van der Waals surface area contributed by atoms with Crippen molar-refractivity contribution in [3.63, 3.8) is 0 Å². The molecule has 1 unspecified atom stereocenters. The molecule has 1 aromatic rings. The summed E-state index contributed by atoms with van der Waals surface area (Å²) in [4.78, 5) is 22.9. The monoisotopic (exact) mass is 261 g/mol. The fraction of sp³-hybridized carbons (Fsp3) is 0.467. The molecule has 1 aliphatic carbocycles. The van der Waals surface area contributed by atoms with Crippen molar-refractivity contribution in [2.24, 2.45) is 5.41 Å². The van der Waals surface area contributed by atoms with Crippen LogP contribution in [0.2, 0.25) is 0 Å². The molecule has 1 fully saturated rings. The first-order chi connectivity index (χ1) is 8.90. The maximum absolute atomic E-state index is 12.1. The average Bonchev–Trinajstić information content (AvgIpc) is 2.69.